The van der Waals surface area contributed by atoms with Gasteiger partial charge >= 0.3 is 0 Å². The number of hydrogen-bond acceptors (Lipinski definition) is 7. The number of methoxy groups -OCH3 is 1. The minimum Gasteiger partial charge on any atom is -0.496 e. The van der Waals surface area contributed by atoms with Gasteiger partial charge in [0.25, 0.3) is 0 Å². The van der Waals surface area contributed by atoms with Crippen molar-refractivity contribution in [1.29, 1.82) is 0 Å². The first-order valence-corrected chi connectivity index (χ1v) is 11.6. The van der Waals surface area contributed by atoms with E-state index in [0.29, 0.717) is 5.82 Å². The van der Waals surface area contributed by atoms with E-state index in [1.54, 1.807) is 31.4 Å². The van der Waals surface area contributed by atoms with E-state index in [-0.39, 0.29) is 16.8 Å². The van der Waals surface area contributed by atoms with Crippen molar-refractivity contribution in [3.05, 3.63) is 65.5 Å². The van der Waals surface area contributed by atoms with Crippen molar-refractivity contribution in [3.63, 3.8) is 0 Å². The Kier molecular flexibility index (Phi) is 5.83. The van der Waals surface area contributed by atoms with Crippen molar-refractivity contribution in [3.8, 4) is 5.75 Å². The fraction of sp³-hybridized carbons (Fsp3) is 0.381. The second-order valence-corrected chi connectivity index (χ2v) is 9.44. The lowest BCUT2D eigenvalue weighted by Crippen LogP contribution is -2.30. The molecule has 9 heteroatoms. The molecule has 8 nitrogen and oxygen atoms in total. The third kappa shape index (κ3) is 4.08. The van der Waals surface area contributed by atoms with Crippen LogP contribution in [0.3, 0.4) is 0 Å². The third-order valence-corrected chi connectivity index (χ3v) is 6.99. The molecule has 0 amide bonds. The lowest BCUT2D eigenvalue weighted by molar-refractivity contribution is 0.258. The molecule has 1 atom stereocenters. The van der Waals surface area contributed by atoms with Gasteiger partial charge in [-0.15, -0.1) is 5.10 Å². The van der Waals surface area contributed by atoms with Gasteiger partial charge in [-0.1, -0.05) is 35.9 Å². The zero-order valence-corrected chi connectivity index (χ0v) is 17.9. The molecule has 2 heterocycles. The number of aromatic nitrogens is 4. The van der Waals surface area contributed by atoms with Gasteiger partial charge in [0.2, 0.25) is 0 Å². The molecule has 158 valence electrons. The van der Waals surface area contributed by atoms with Gasteiger partial charge < -0.3 is 4.74 Å². The summed E-state index contributed by atoms with van der Waals surface area (Å²) in [5, 5.41) is 12.1. The van der Waals surface area contributed by atoms with Crippen LogP contribution in [0.1, 0.15) is 35.8 Å². The first-order valence-electron chi connectivity index (χ1n) is 9.92. The highest BCUT2D eigenvalue weighted by molar-refractivity contribution is 7.90. The van der Waals surface area contributed by atoms with Gasteiger partial charge in [0.15, 0.2) is 21.5 Å². The van der Waals surface area contributed by atoms with E-state index >= 15 is 0 Å². The second-order valence-electron chi connectivity index (χ2n) is 7.48. The number of sulfone groups is 1. The molecule has 1 aliphatic heterocycles. The number of aryl methyl sites for hydroxylation is 1. The van der Waals surface area contributed by atoms with E-state index < -0.39 is 9.84 Å². The standard InChI is InChI=1S/C21H25N5O3S/c1-16-9-11-17(12-10-16)30(27,28)15-26-21(22-23-24-26)20(25-13-5-6-14-25)18-7-3-4-8-19(18)29-2/h3-4,7-12,20H,5-6,13-15H2,1-2H3/t20-/m0/s1. The van der Waals surface area contributed by atoms with E-state index in [4.69, 9.17) is 4.74 Å². The summed E-state index contributed by atoms with van der Waals surface area (Å²) < 4.78 is 33.0. The van der Waals surface area contributed by atoms with Crippen LogP contribution in [0.4, 0.5) is 0 Å². The van der Waals surface area contributed by atoms with Crippen molar-refractivity contribution in [2.45, 2.75) is 36.6 Å². The first kappa shape index (κ1) is 20.5. The number of ether oxygens (including phenoxy) is 1. The summed E-state index contributed by atoms with van der Waals surface area (Å²) in [6.45, 7) is 3.70. The van der Waals surface area contributed by atoms with Gasteiger partial charge in [0.05, 0.1) is 12.0 Å². The smallest absolute Gasteiger partial charge is 0.198 e. The van der Waals surface area contributed by atoms with Crippen molar-refractivity contribution in [2.24, 2.45) is 0 Å². The second kappa shape index (κ2) is 8.53. The maximum Gasteiger partial charge on any atom is 0.198 e. The van der Waals surface area contributed by atoms with Crippen LogP contribution in [-0.2, 0) is 15.7 Å². The van der Waals surface area contributed by atoms with Crippen molar-refractivity contribution in [1.82, 2.24) is 25.1 Å². The Morgan fingerprint density at radius 2 is 1.77 bits per heavy atom. The monoisotopic (exact) mass is 427 g/mol. The van der Waals surface area contributed by atoms with Gasteiger partial charge in [0, 0.05) is 5.56 Å². The van der Waals surface area contributed by atoms with Crippen molar-refractivity contribution in [2.75, 3.05) is 20.2 Å². The molecule has 0 saturated carbocycles. The largest absolute Gasteiger partial charge is 0.496 e. The van der Waals surface area contributed by atoms with Crippen LogP contribution in [-0.4, -0.2) is 53.7 Å². The zero-order chi connectivity index (χ0) is 21.1. The van der Waals surface area contributed by atoms with Gasteiger partial charge in [-0.05, 0) is 61.5 Å². The summed E-state index contributed by atoms with van der Waals surface area (Å²) in [6, 6.07) is 14.3. The van der Waals surface area contributed by atoms with E-state index in [1.165, 1.54) is 4.68 Å². The topological polar surface area (TPSA) is 90.2 Å². The molecule has 0 bridgehead atoms. The minimum atomic E-state index is -3.61. The molecule has 1 fully saturated rings. The maximum atomic E-state index is 13.0. The molecule has 4 rings (SSSR count). The minimum absolute atomic E-state index is 0.254. The molecule has 1 aliphatic rings. The SMILES string of the molecule is COc1ccccc1[C@@H](c1nnnn1CS(=O)(=O)c1ccc(C)cc1)N1CCCC1. The predicted octanol–water partition coefficient (Wildman–Crippen LogP) is 2.61. The summed E-state index contributed by atoms with van der Waals surface area (Å²) in [6.07, 6.45) is 2.16. The fourth-order valence-corrected chi connectivity index (χ4v) is 5.08. The van der Waals surface area contributed by atoms with E-state index in [9.17, 15) is 8.42 Å². The van der Waals surface area contributed by atoms with Crippen LogP contribution in [0, 0.1) is 6.92 Å². The fourth-order valence-electron chi connectivity index (χ4n) is 3.87. The molecular weight excluding hydrogens is 402 g/mol. The molecule has 1 saturated heterocycles. The predicted molar refractivity (Wildman–Crippen MR) is 112 cm³/mol. The summed E-state index contributed by atoms with van der Waals surface area (Å²) in [5.41, 5.74) is 1.92. The van der Waals surface area contributed by atoms with E-state index in [1.807, 2.05) is 31.2 Å². The highest BCUT2D eigenvalue weighted by atomic mass is 32.2. The average Bonchev–Trinajstić information content (AvgIpc) is 3.42. The number of benzene rings is 2. The molecule has 2 aromatic carbocycles. The van der Waals surface area contributed by atoms with Crippen LogP contribution in [0.25, 0.3) is 0 Å². The quantitative estimate of drug-likeness (QED) is 0.572. The first-order chi connectivity index (χ1) is 14.5. The maximum absolute atomic E-state index is 13.0. The molecule has 30 heavy (non-hydrogen) atoms. The summed E-state index contributed by atoms with van der Waals surface area (Å²) in [5.74, 6) is 0.903. The molecule has 0 N–H and O–H groups in total. The Morgan fingerprint density at radius 3 is 2.47 bits per heavy atom. The number of rotatable bonds is 7. The summed E-state index contributed by atoms with van der Waals surface area (Å²) in [7, 11) is -1.98. The van der Waals surface area contributed by atoms with Crippen molar-refractivity contribution >= 4 is 9.84 Å². The molecule has 0 radical (unpaired) electrons. The van der Waals surface area contributed by atoms with Gasteiger partial charge in [-0.3, -0.25) is 4.90 Å². The molecule has 3 aromatic rings. The van der Waals surface area contributed by atoms with Crippen LogP contribution >= 0.6 is 0 Å². The Balaban J connectivity index is 1.73. The van der Waals surface area contributed by atoms with Crippen LogP contribution in [0.5, 0.6) is 5.75 Å². The molecule has 1 aromatic heterocycles. The third-order valence-electron chi connectivity index (χ3n) is 5.42. The molecule has 0 aliphatic carbocycles. The normalized spacial score (nSPS) is 15.9. The van der Waals surface area contributed by atoms with Gasteiger partial charge in [-0.25, -0.2) is 13.1 Å². The number of tetrazole rings is 1. The number of hydrogen-bond donors (Lipinski definition) is 0. The Labute approximate surface area is 176 Å². The highest BCUT2D eigenvalue weighted by Gasteiger charge is 2.33. The van der Waals surface area contributed by atoms with Crippen LogP contribution in [0.15, 0.2) is 53.4 Å². The lowest BCUT2D eigenvalue weighted by Gasteiger charge is -2.28. The number of nitrogens with zero attached hydrogens (tertiary/aromatic N) is 5. The Morgan fingerprint density at radius 1 is 1.07 bits per heavy atom. The molecular formula is C21H25N5O3S. The number of likely N-dealkylation sites (tertiary alicyclic amines) is 1. The van der Waals surface area contributed by atoms with Crippen LogP contribution in [0.2, 0.25) is 0 Å². The Hall–Kier alpha value is -2.78. The van der Waals surface area contributed by atoms with E-state index in [0.717, 1.165) is 42.8 Å². The highest BCUT2D eigenvalue weighted by Crippen LogP contribution is 2.35. The zero-order valence-electron chi connectivity index (χ0n) is 17.1. The van der Waals surface area contributed by atoms with Gasteiger partial charge in [0.1, 0.15) is 11.8 Å². The van der Waals surface area contributed by atoms with Crippen molar-refractivity contribution < 1.29 is 13.2 Å². The Bertz CT molecular complexity index is 1110. The van der Waals surface area contributed by atoms with Crippen LogP contribution < -0.4 is 4.74 Å². The van der Waals surface area contributed by atoms with E-state index in [2.05, 4.69) is 20.4 Å². The molecule has 0 unspecified atom stereocenters. The molecule has 0 spiro atoms. The average molecular weight is 428 g/mol. The number of para-hydroxylation sites is 1. The summed E-state index contributed by atoms with van der Waals surface area (Å²) in [4.78, 5) is 2.53. The van der Waals surface area contributed by atoms with Gasteiger partial charge in [-0.2, -0.15) is 0 Å². The summed E-state index contributed by atoms with van der Waals surface area (Å²) >= 11 is 0. The lowest BCUT2D eigenvalue weighted by atomic mass is 10.0.